The van der Waals surface area contributed by atoms with Crippen LogP contribution in [0.2, 0.25) is 0 Å². The van der Waals surface area contributed by atoms with E-state index in [2.05, 4.69) is 12.2 Å². The first-order chi connectivity index (χ1) is 8.77. The van der Waals surface area contributed by atoms with E-state index in [0.29, 0.717) is 12.5 Å². The summed E-state index contributed by atoms with van der Waals surface area (Å²) in [5.74, 6) is -0.674. The summed E-state index contributed by atoms with van der Waals surface area (Å²) < 4.78 is 0. The summed E-state index contributed by atoms with van der Waals surface area (Å²) in [4.78, 5) is 24.7. The molecule has 0 saturated carbocycles. The van der Waals surface area contributed by atoms with Gasteiger partial charge < -0.3 is 10.4 Å². The lowest BCUT2D eigenvalue weighted by molar-refractivity contribution is -0.140. The highest BCUT2D eigenvalue weighted by Gasteiger charge is 2.24. The lowest BCUT2D eigenvalue weighted by Crippen LogP contribution is -2.50. The molecule has 0 heterocycles. The van der Waals surface area contributed by atoms with E-state index in [9.17, 15) is 9.59 Å². The Morgan fingerprint density at radius 3 is 2.21 bits per heavy atom. The SMILES string of the molecule is CCCC(C)NC(=O)C(C)N(CC(=O)O)CC(C)C. The van der Waals surface area contributed by atoms with Crippen LogP contribution in [-0.4, -0.2) is 47.1 Å². The van der Waals surface area contributed by atoms with Crippen LogP contribution in [0.1, 0.15) is 47.5 Å². The second-order valence-corrected chi connectivity index (χ2v) is 5.59. The third kappa shape index (κ3) is 7.82. The maximum absolute atomic E-state index is 12.1. The van der Waals surface area contributed by atoms with Crippen LogP contribution in [0.5, 0.6) is 0 Å². The van der Waals surface area contributed by atoms with Crippen LogP contribution in [0.4, 0.5) is 0 Å². The first-order valence-electron chi connectivity index (χ1n) is 7.04. The molecule has 0 aliphatic heterocycles. The number of carbonyl (C=O) groups is 2. The minimum Gasteiger partial charge on any atom is -0.480 e. The second-order valence-electron chi connectivity index (χ2n) is 5.59. The van der Waals surface area contributed by atoms with Crippen molar-refractivity contribution >= 4 is 11.9 Å². The van der Waals surface area contributed by atoms with Gasteiger partial charge in [-0.2, -0.15) is 0 Å². The molecule has 112 valence electrons. The first kappa shape index (κ1) is 17.9. The predicted molar refractivity (Wildman–Crippen MR) is 76.0 cm³/mol. The fraction of sp³-hybridized carbons (Fsp3) is 0.857. The molecule has 0 aliphatic rings. The Kier molecular flexibility index (Phi) is 8.39. The molecule has 0 fully saturated rings. The molecule has 0 bridgehead atoms. The van der Waals surface area contributed by atoms with Crippen molar-refractivity contribution in [2.45, 2.75) is 59.5 Å². The van der Waals surface area contributed by atoms with E-state index in [0.717, 1.165) is 12.8 Å². The van der Waals surface area contributed by atoms with Gasteiger partial charge in [0, 0.05) is 12.6 Å². The van der Waals surface area contributed by atoms with E-state index in [1.54, 1.807) is 11.8 Å². The molecule has 5 heteroatoms. The number of amides is 1. The van der Waals surface area contributed by atoms with Gasteiger partial charge in [-0.15, -0.1) is 0 Å². The molecule has 0 aromatic rings. The Morgan fingerprint density at radius 1 is 1.21 bits per heavy atom. The summed E-state index contributed by atoms with van der Waals surface area (Å²) in [6, 6.07) is -0.288. The maximum atomic E-state index is 12.1. The van der Waals surface area contributed by atoms with Crippen molar-refractivity contribution in [1.29, 1.82) is 0 Å². The number of carbonyl (C=O) groups excluding carboxylic acids is 1. The van der Waals surface area contributed by atoms with Crippen LogP contribution < -0.4 is 5.32 Å². The normalized spacial score (nSPS) is 14.5. The average molecular weight is 272 g/mol. The van der Waals surface area contributed by atoms with Crippen molar-refractivity contribution in [3.05, 3.63) is 0 Å². The molecule has 0 saturated heterocycles. The van der Waals surface area contributed by atoms with Gasteiger partial charge in [0.25, 0.3) is 0 Å². The van der Waals surface area contributed by atoms with Gasteiger partial charge in [-0.05, 0) is 26.2 Å². The van der Waals surface area contributed by atoms with Crippen molar-refractivity contribution < 1.29 is 14.7 Å². The van der Waals surface area contributed by atoms with E-state index in [1.807, 2.05) is 20.8 Å². The summed E-state index contributed by atoms with van der Waals surface area (Å²) in [6.07, 6.45) is 1.95. The fourth-order valence-electron chi connectivity index (χ4n) is 2.04. The molecule has 2 unspecified atom stereocenters. The van der Waals surface area contributed by atoms with Gasteiger partial charge in [0.2, 0.25) is 5.91 Å². The lowest BCUT2D eigenvalue weighted by atomic mass is 10.1. The van der Waals surface area contributed by atoms with Crippen molar-refractivity contribution in [1.82, 2.24) is 10.2 Å². The molecular formula is C14H28N2O3. The van der Waals surface area contributed by atoms with E-state index >= 15 is 0 Å². The van der Waals surface area contributed by atoms with Crippen LogP contribution >= 0.6 is 0 Å². The van der Waals surface area contributed by atoms with Crippen molar-refractivity contribution in [2.24, 2.45) is 5.92 Å². The van der Waals surface area contributed by atoms with Crippen molar-refractivity contribution in [3.8, 4) is 0 Å². The minimum absolute atomic E-state index is 0.0946. The molecule has 0 aromatic carbocycles. The van der Waals surface area contributed by atoms with Gasteiger partial charge in [-0.1, -0.05) is 27.2 Å². The van der Waals surface area contributed by atoms with Gasteiger partial charge in [0.15, 0.2) is 0 Å². The maximum Gasteiger partial charge on any atom is 0.317 e. The summed E-state index contributed by atoms with van der Waals surface area (Å²) in [5, 5.41) is 11.9. The number of carboxylic acid groups (broad SMARTS) is 1. The summed E-state index contributed by atoms with van der Waals surface area (Å²) in [6.45, 7) is 10.3. The summed E-state index contributed by atoms with van der Waals surface area (Å²) in [5.41, 5.74) is 0. The highest BCUT2D eigenvalue weighted by Crippen LogP contribution is 2.06. The first-order valence-corrected chi connectivity index (χ1v) is 7.04. The van der Waals surface area contributed by atoms with E-state index in [-0.39, 0.29) is 18.5 Å². The third-order valence-corrected chi connectivity index (χ3v) is 2.98. The largest absolute Gasteiger partial charge is 0.480 e. The minimum atomic E-state index is -0.901. The topological polar surface area (TPSA) is 69.6 Å². The number of aliphatic carboxylic acids is 1. The predicted octanol–water partition coefficient (Wildman–Crippen LogP) is 1.72. The van der Waals surface area contributed by atoms with Gasteiger partial charge in [0.1, 0.15) is 0 Å². The molecule has 2 N–H and O–H groups in total. The van der Waals surface area contributed by atoms with Crippen molar-refractivity contribution in [2.75, 3.05) is 13.1 Å². The Labute approximate surface area is 116 Å². The van der Waals surface area contributed by atoms with Crippen LogP contribution in [0.15, 0.2) is 0 Å². The molecule has 0 radical (unpaired) electrons. The Bertz CT molecular complexity index is 292. The number of nitrogens with zero attached hydrogens (tertiary/aromatic N) is 1. The standard InChI is InChI=1S/C14H28N2O3/c1-6-7-11(4)15-14(19)12(5)16(8-10(2)3)9-13(17)18/h10-12H,6-9H2,1-5H3,(H,15,19)(H,17,18). The van der Waals surface area contributed by atoms with Gasteiger partial charge in [0.05, 0.1) is 12.6 Å². The quantitative estimate of drug-likeness (QED) is 0.670. The van der Waals surface area contributed by atoms with Crippen molar-refractivity contribution in [3.63, 3.8) is 0 Å². The highest BCUT2D eigenvalue weighted by molar-refractivity contribution is 5.82. The molecule has 19 heavy (non-hydrogen) atoms. The summed E-state index contributed by atoms with van der Waals surface area (Å²) >= 11 is 0. The van der Waals surface area contributed by atoms with Crippen LogP contribution in [0.25, 0.3) is 0 Å². The monoisotopic (exact) mass is 272 g/mol. The molecule has 0 rings (SSSR count). The number of nitrogens with one attached hydrogen (secondary N) is 1. The molecule has 0 aliphatic carbocycles. The average Bonchev–Trinajstić information content (AvgIpc) is 2.25. The Hall–Kier alpha value is -1.10. The number of rotatable bonds is 9. The zero-order valence-corrected chi connectivity index (χ0v) is 12.8. The molecule has 1 amide bonds. The van der Waals surface area contributed by atoms with Crippen LogP contribution in [0.3, 0.4) is 0 Å². The number of hydrogen-bond acceptors (Lipinski definition) is 3. The van der Waals surface area contributed by atoms with E-state index in [4.69, 9.17) is 5.11 Å². The number of carboxylic acids is 1. The second kappa shape index (κ2) is 8.91. The molecule has 0 spiro atoms. The Balaban J connectivity index is 4.54. The number of hydrogen-bond donors (Lipinski definition) is 2. The zero-order valence-electron chi connectivity index (χ0n) is 12.8. The zero-order chi connectivity index (χ0) is 15.0. The molecule has 2 atom stereocenters. The lowest BCUT2D eigenvalue weighted by Gasteiger charge is -2.29. The van der Waals surface area contributed by atoms with Crippen LogP contribution in [-0.2, 0) is 9.59 Å². The molecule has 0 aromatic heterocycles. The molecule has 5 nitrogen and oxygen atoms in total. The fourth-order valence-corrected chi connectivity index (χ4v) is 2.04. The molecular weight excluding hydrogens is 244 g/mol. The smallest absolute Gasteiger partial charge is 0.317 e. The van der Waals surface area contributed by atoms with E-state index in [1.165, 1.54) is 0 Å². The Morgan fingerprint density at radius 2 is 1.79 bits per heavy atom. The van der Waals surface area contributed by atoms with E-state index < -0.39 is 12.0 Å². The van der Waals surface area contributed by atoms with Gasteiger partial charge in [-0.25, -0.2) is 0 Å². The van der Waals surface area contributed by atoms with Gasteiger partial charge >= 0.3 is 5.97 Å². The highest BCUT2D eigenvalue weighted by atomic mass is 16.4. The van der Waals surface area contributed by atoms with Gasteiger partial charge in [-0.3, -0.25) is 14.5 Å². The van der Waals surface area contributed by atoms with Crippen LogP contribution in [0, 0.1) is 5.92 Å². The summed E-state index contributed by atoms with van der Waals surface area (Å²) in [7, 11) is 0. The third-order valence-electron chi connectivity index (χ3n) is 2.98.